The second-order valence-electron chi connectivity index (χ2n) is 5.62. The number of hydrogen-bond donors (Lipinski definition) is 2. The minimum Gasteiger partial charge on any atom is -0.338 e. The first-order valence-electron chi connectivity index (χ1n) is 8.09. The first kappa shape index (κ1) is 17.2. The van der Waals surface area contributed by atoms with Crippen LogP contribution in [0.3, 0.4) is 0 Å². The smallest absolute Gasteiger partial charge is 0.320 e. The molecule has 9 heteroatoms. The van der Waals surface area contributed by atoms with Gasteiger partial charge in [0.1, 0.15) is 17.5 Å². The molecule has 3 aromatic heterocycles. The van der Waals surface area contributed by atoms with Gasteiger partial charge in [0.15, 0.2) is 0 Å². The third-order valence-corrected chi connectivity index (χ3v) is 4.50. The van der Waals surface area contributed by atoms with Crippen LogP contribution in [-0.2, 0) is 13.1 Å². The molecule has 0 saturated carbocycles. The van der Waals surface area contributed by atoms with Crippen molar-refractivity contribution in [1.82, 2.24) is 29.9 Å². The van der Waals surface area contributed by atoms with E-state index in [0.29, 0.717) is 18.9 Å². The van der Waals surface area contributed by atoms with E-state index in [4.69, 9.17) is 0 Å². The molecule has 0 fully saturated rings. The van der Waals surface area contributed by atoms with Crippen LogP contribution in [0.2, 0.25) is 0 Å². The van der Waals surface area contributed by atoms with Crippen LogP contribution >= 0.6 is 11.3 Å². The molecule has 0 aliphatic rings. The minimum absolute atomic E-state index is 0.237. The van der Waals surface area contributed by atoms with E-state index < -0.39 is 0 Å². The highest BCUT2D eigenvalue weighted by Gasteiger charge is 2.08. The van der Waals surface area contributed by atoms with E-state index in [-0.39, 0.29) is 6.03 Å². The van der Waals surface area contributed by atoms with Gasteiger partial charge in [-0.1, -0.05) is 6.07 Å². The summed E-state index contributed by atoms with van der Waals surface area (Å²) in [5, 5.41) is 16.3. The highest BCUT2D eigenvalue weighted by atomic mass is 32.1. The number of rotatable bonds is 7. The summed E-state index contributed by atoms with van der Waals surface area (Å²) >= 11 is 1.66. The molecule has 3 aromatic rings. The van der Waals surface area contributed by atoms with Crippen LogP contribution in [0.15, 0.2) is 29.8 Å². The van der Waals surface area contributed by atoms with E-state index in [1.54, 1.807) is 28.3 Å². The van der Waals surface area contributed by atoms with Crippen molar-refractivity contribution in [3.63, 3.8) is 0 Å². The van der Waals surface area contributed by atoms with Crippen molar-refractivity contribution in [3.05, 3.63) is 46.3 Å². The average molecular weight is 359 g/mol. The van der Waals surface area contributed by atoms with Gasteiger partial charge in [0, 0.05) is 24.0 Å². The molecule has 3 heterocycles. The Hall–Kier alpha value is -2.68. The van der Waals surface area contributed by atoms with Gasteiger partial charge in [-0.15, -0.1) is 11.3 Å². The number of thiophene rings is 1. The largest absolute Gasteiger partial charge is 0.338 e. The van der Waals surface area contributed by atoms with Crippen LogP contribution in [-0.4, -0.2) is 37.1 Å². The minimum atomic E-state index is -0.237. The molecule has 2 N–H and O–H groups in total. The van der Waals surface area contributed by atoms with E-state index in [0.717, 1.165) is 24.6 Å². The fourth-order valence-corrected chi connectivity index (χ4v) is 3.17. The second-order valence-corrected chi connectivity index (χ2v) is 6.65. The summed E-state index contributed by atoms with van der Waals surface area (Å²) in [4.78, 5) is 17.5. The Bertz CT molecular complexity index is 822. The lowest BCUT2D eigenvalue weighted by atomic mass is 10.4. The van der Waals surface area contributed by atoms with E-state index in [1.165, 1.54) is 4.88 Å². The number of aromatic nitrogens is 5. The maximum atomic E-state index is 12.1. The van der Waals surface area contributed by atoms with Crippen molar-refractivity contribution in [3.8, 4) is 0 Å². The van der Waals surface area contributed by atoms with E-state index >= 15 is 0 Å². The van der Waals surface area contributed by atoms with Crippen LogP contribution in [0.25, 0.3) is 0 Å². The van der Waals surface area contributed by atoms with Gasteiger partial charge in [0.2, 0.25) is 0 Å². The number of nitrogens with zero attached hydrogens (tertiary/aromatic N) is 5. The predicted molar refractivity (Wildman–Crippen MR) is 96.8 cm³/mol. The lowest BCUT2D eigenvalue weighted by molar-refractivity contribution is 0.251. The van der Waals surface area contributed by atoms with Crippen molar-refractivity contribution < 1.29 is 4.79 Å². The van der Waals surface area contributed by atoms with Gasteiger partial charge in [-0.25, -0.2) is 14.5 Å². The molecule has 132 valence electrons. The third kappa shape index (κ3) is 4.66. The summed E-state index contributed by atoms with van der Waals surface area (Å²) in [5.74, 6) is 2.33. The molecule has 3 rings (SSSR count). The predicted octanol–water partition coefficient (Wildman–Crippen LogP) is 2.41. The molecule has 2 amide bonds. The van der Waals surface area contributed by atoms with E-state index in [9.17, 15) is 4.79 Å². The normalized spacial score (nSPS) is 10.8. The zero-order valence-corrected chi connectivity index (χ0v) is 15.1. The van der Waals surface area contributed by atoms with Gasteiger partial charge < -0.3 is 5.32 Å². The fourth-order valence-electron chi connectivity index (χ4n) is 2.48. The van der Waals surface area contributed by atoms with Gasteiger partial charge in [-0.05, 0) is 31.7 Å². The highest BCUT2D eigenvalue weighted by Crippen LogP contribution is 2.14. The van der Waals surface area contributed by atoms with Crippen LogP contribution in [0.1, 0.15) is 22.9 Å². The SMILES string of the molecule is Cc1nc(C)n(CCCNC(=O)Nc2ccnn2Cc2cccs2)n1. The van der Waals surface area contributed by atoms with Gasteiger partial charge in [-0.3, -0.25) is 10.00 Å². The van der Waals surface area contributed by atoms with Gasteiger partial charge in [-0.2, -0.15) is 10.2 Å². The number of nitrogens with one attached hydrogen (secondary N) is 2. The molecule has 0 saturated heterocycles. The zero-order chi connectivity index (χ0) is 17.6. The fraction of sp³-hybridized carbons (Fsp3) is 0.375. The van der Waals surface area contributed by atoms with Crippen molar-refractivity contribution in [2.75, 3.05) is 11.9 Å². The maximum Gasteiger partial charge on any atom is 0.320 e. The topological polar surface area (TPSA) is 89.7 Å². The van der Waals surface area contributed by atoms with Crippen molar-refractivity contribution in [2.24, 2.45) is 0 Å². The average Bonchev–Trinajstić information content (AvgIpc) is 3.29. The second kappa shape index (κ2) is 7.93. The summed E-state index contributed by atoms with van der Waals surface area (Å²) in [7, 11) is 0. The van der Waals surface area contributed by atoms with Gasteiger partial charge in [0.25, 0.3) is 0 Å². The number of anilines is 1. The maximum absolute atomic E-state index is 12.1. The third-order valence-electron chi connectivity index (χ3n) is 3.64. The molecule has 25 heavy (non-hydrogen) atoms. The standard InChI is InChI=1S/C16H21N7OS/c1-12-19-13(2)22(21-12)9-4-7-17-16(24)20-15-6-8-18-23(15)11-14-5-3-10-25-14/h3,5-6,8,10H,4,7,9,11H2,1-2H3,(H2,17,20,24). The van der Waals surface area contributed by atoms with Crippen LogP contribution < -0.4 is 10.6 Å². The van der Waals surface area contributed by atoms with Crippen molar-refractivity contribution in [1.29, 1.82) is 0 Å². The quantitative estimate of drug-likeness (QED) is 0.634. The Morgan fingerprint density at radius 1 is 1.28 bits per heavy atom. The highest BCUT2D eigenvalue weighted by molar-refractivity contribution is 7.09. The van der Waals surface area contributed by atoms with E-state index in [1.807, 2.05) is 36.0 Å². The molecule has 0 atom stereocenters. The summed E-state index contributed by atoms with van der Waals surface area (Å²) in [6, 6.07) is 5.60. The molecule has 0 spiro atoms. The number of carbonyl (C=O) groups excluding carboxylic acids is 1. The summed E-state index contributed by atoms with van der Waals surface area (Å²) < 4.78 is 3.62. The van der Waals surface area contributed by atoms with Crippen molar-refractivity contribution in [2.45, 2.75) is 33.4 Å². The summed E-state index contributed by atoms with van der Waals surface area (Å²) in [6.07, 6.45) is 2.46. The Morgan fingerprint density at radius 2 is 2.16 bits per heavy atom. The molecule has 8 nitrogen and oxygen atoms in total. The number of aryl methyl sites for hydroxylation is 3. The number of carbonyl (C=O) groups is 1. The Kier molecular flexibility index (Phi) is 5.44. The Labute approximate surface area is 149 Å². The number of urea groups is 1. The molecule has 0 radical (unpaired) electrons. The zero-order valence-electron chi connectivity index (χ0n) is 14.3. The van der Waals surface area contributed by atoms with E-state index in [2.05, 4.69) is 25.8 Å². The van der Waals surface area contributed by atoms with Gasteiger partial charge in [0.05, 0.1) is 12.7 Å². The lowest BCUT2D eigenvalue weighted by Gasteiger charge is -2.10. The summed E-state index contributed by atoms with van der Waals surface area (Å²) in [5.41, 5.74) is 0. The first-order valence-corrected chi connectivity index (χ1v) is 8.97. The molecule has 0 bridgehead atoms. The van der Waals surface area contributed by atoms with Gasteiger partial charge >= 0.3 is 6.03 Å². The summed E-state index contributed by atoms with van der Waals surface area (Å²) in [6.45, 7) is 5.72. The van der Waals surface area contributed by atoms with Crippen LogP contribution in [0.5, 0.6) is 0 Å². The number of hydrogen-bond acceptors (Lipinski definition) is 5. The molecule has 0 aliphatic carbocycles. The molecule has 0 unspecified atom stereocenters. The van der Waals surface area contributed by atoms with Crippen LogP contribution in [0.4, 0.5) is 10.6 Å². The Morgan fingerprint density at radius 3 is 2.88 bits per heavy atom. The molecule has 0 aliphatic heterocycles. The Balaban J connectivity index is 1.44. The van der Waals surface area contributed by atoms with Crippen LogP contribution in [0, 0.1) is 13.8 Å². The molecular weight excluding hydrogens is 338 g/mol. The lowest BCUT2D eigenvalue weighted by Crippen LogP contribution is -2.31. The number of amides is 2. The molecule has 0 aromatic carbocycles. The van der Waals surface area contributed by atoms with Crippen molar-refractivity contribution >= 4 is 23.2 Å². The first-order chi connectivity index (χ1) is 12.1. The molecular formula is C16H21N7OS. The monoisotopic (exact) mass is 359 g/mol.